The van der Waals surface area contributed by atoms with Crippen molar-refractivity contribution in [3.63, 3.8) is 0 Å². The van der Waals surface area contributed by atoms with E-state index in [-0.39, 0.29) is 12.3 Å². The normalized spacial score (nSPS) is 9.75. The Labute approximate surface area is 96.9 Å². The predicted molar refractivity (Wildman–Crippen MR) is 60.2 cm³/mol. The van der Waals surface area contributed by atoms with Gasteiger partial charge in [0.1, 0.15) is 0 Å². The second-order valence-corrected chi connectivity index (χ2v) is 4.11. The van der Waals surface area contributed by atoms with Crippen molar-refractivity contribution in [2.45, 2.75) is 11.3 Å². The van der Waals surface area contributed by atoms with Crippen LogP contribution in [-0.4, -0.2) is 22.4 Å². The van der Waals surface area contributed by atoms with Crippen LogP contribution < -0.4 is 0 Å². The largest absolute Gasteiger partial charge is 0.396 e. The van der Waals surface area contributed by atoms with Gasteiger partial charge in [-0.15, -0.1) is 11.8 Å². The van der Waals surface area contributed by atoms with Gasteiger partial charge in [0.25, 0.3) is 5.69 Å². The summed E-state index contributed by atoms with van der Waals surface area (Å²) in [5.74, 6) is 0.590. The summed E-state index contributed by atoms with van der Waals surface area (Å²) in [6, 6.07) is 6.20. The van der Waals surface area contributed by atoms with Crippen molar-refractivity contribution in [1.29, 1.82) is 5.26 Å². The summed E-state index contributed by atoms with van der Waals surface area (Å²) in [7, 11) is 0. The van der Waals surface area contributed by atoms with Gasteiger partial charge in [0.2, 0.25) is 0 Å². The summed E-state index contributed by atoms with van der Waals surface area (Å²) in [6.45, 7) is 0.0543. The maximum atomic E-state index is 10.7. The first-order chi connectivity index (χ1) is 7.69. The lowest BCUT2D eigenvalue weighted by Gasteiger charge is -2.02. The highest BCUT2D eigenvalue weighted by Gasteiger charge is 2.14. The van der Waals surface area contributed by atoms with E-state index in [1.165, 1.54) is 30.0 Å². The summed E-state index contributed by atoms with van der Waals surface area (Å²) in [5, 5.41) is 28.0. The van der Waals surface area contributed by atoms with Crippen LogP contribution in [0.1, 0.15) is 12.0 Å². The van der Waals surface area contributed by atoms with E-state index in [9.17, 15) is 10.1 Å². The molecule has 16 heavy (non-hydrogen) atoms. The van der Waals surface area contributed by atoms with Crippen LogP contribution in [0.4, 0.5) is 5.69 Å². The topological polar surface area (TPSA) is 87.2 Å². The van der Waals surface area contributed by atoms with E-state index in [2.05, 4.69) is 0 Å². The Balaban J connectivity index is 2.92. The van der Waals surface area contributed by atoms with Gasteiger partial charge in [0.15, 0.2) is 0 Å². The molecule has 0 unspecified atom stereocenters. The molecule has 0 amide bonds. The van der Waals surface area contributed by atoms with Gasteiger partial charge in [0, 0.05) is 18.4 Å². The lowest BCUT2D eigenvalue weighted by atomic mass is 10.2. The molecule has 0 aromatic heterocycles. The molecule has 0 aliphatic carbocycles. The molecule has 6 heteroatoms. The molecule has 0 saturated heterocycles. The van der Waals surface area contributed by atoms with Gasteiger partial charge in [0.05, 0.1) is 21.5 Å². The summed E-state index contributed by atoms with van der Waals surface area (Å²) in [6.07, 6.45) is 0.568. The number of aliphatic hydroxyl groups is 1. The molecule has 5 nitrogen and oxygen atoms in total. The number of hydrogen-bond acceptors (Lipinski definition) is 5. The maximum Gasteiger partial charge on any atom is 0.282 e. The number of nitro groups is 1. The average molecular weight is 238 g/mol. The number of benzene rings is 1. The Morgan fingerprint density at radius 2 is 2.31 bits per heavy atom. The summed E-state index contributed by atoms with van der Waals surface area (Å²) in [4.78, 5) is 10.7. The number of thioether (sulfide) groups is 1. The minimum atomic E-state index is -0.470. The fraction of sp³-hybridized carbons (Fsp3) is 0.300. The SMILES string of the molecule is N#Cc1ccc([N+](=O)[O-])c(SCCCO)c1. The molecule has 0 spiro atoms. The molecule has 0 bridgehead atoms. The number of rotatable bonds is 5. The second-order valence-electron chi connectivity index (χ2n) is 2.98. The fourth-order valence-electron chi connectivity index (χ4n) is 1.10. The average Bonchev–Trinajstić information content (AvgIpc) is 2.29. The van der Waals surface area contributed by atoms with E-state index in [1.54, 1.807) is 0 Å². The quantitative estimate of drug-likeness (QED) is 0.366. The van der Waals surface area contributed by atoms with Crippen LogP contribution in [0.3, 0.4) is 0 Å². The minimum absolute atomic E-state index is 0.00180. The van der Waals surface area contributed by atoms with E-state index in [1.807, 2.05) is 6.07 Å². The highest BCUT2D eigenvalue weighted by Crippen LogP contribution is 2.30. The van der Waals surface area contributed by atoms with Crippen molar-refractivity contribution in [2.24, 2.45) is 0 Å². The Hall–Kier alpha value is -1.58. The molecular formula is C10H10N2O3S. The molecule has 0 fully saturated rings. The number of hydrogen-bond donors (Lipinski definition) is 1. The van der Waals surface area contributed by atoms with Crippen LogP contribution in [0.15, 0.2) is 23.1 Å². The smallest absolute Gasteiger partial charge is 0.282 e. The maximum absolute atomic E-state index is 10.7. The van der Waals surface area contributed by atoms with E-state index >= 15 is 0 Å². The minimum Gasteiger partial charge on any atom is -0.396 e. The number of nitriles is 1. The molecule has 0 heterocycles. The number of nitrogens with zero attached hydrogens (tertiary/aromatic N) is 2. The lowest BCUT2D eigenvalue weighted by molar-refractivity contribution is -0.387. The molecular weight excluding hydrogens is 228 g/mol. The molecule has 0 aliphatic rings. The van der Waals surface area contributed by atoms with Crippen molar-refractivity contribution in [3.05, 3.63) is 33.9 Å². The zero-order valence-electron chi connectivity index (χ0n) is 8.42. The Morgan fingerprint density at radius 1 is 1.56 bits per heavy atom. The van der Waals surface area contributed by atoms with Crippen molar-refractivity contribution in [2.75, 3.05) is 12.4 Å². The first-order valence-electron chi connectivity index (χ1n) is 4.61. The second kappa shape index (κ2) is 6.10. The molecule has 1 aromatic carbocycles. The van der Waals surface area contributed by atoms with Gasteiger partial charge in [-0.3, -0.25) is 10.1 Å². The highest BCUT2D eigenvalue weighted by molar-refractivity contribution is 7.99. The van der Waals surface area contributed by atoms with Gasteiger partial charge in [-0.1, -0.05) is 0 Å². The van der Waals surface area contributed by atoms with E-state index in [0.29, 0.717) is 22.6 Å². The summed E-state index contributed by atoms with van der Waals surface area (Å²) < 4.78 is 0. The molecule has 0 atom stereocenters. The molecule has 0 saturated carbocycles. The van der Waals surface area contributed by atoms with E-state index < -0.39 is 4.92 Å². The molecule has 0 aliphatic heterocycles. The van der Waals surface area contributed by atoms with Crippen LogP contribution in [0.5, 0.6) is 0 Å². The molecule has 0 radical (unpaired) electrons. The van der Waals surface area contributed by atoms with E-state index in [0.717, 1.165) is 0 Å². The van der Waals surface area contributed by atoms with Gasteiger partial charge in [-0.25, -0.2) is 0 Å². The van der Waals surface area contributed by atoms with Crippen molar-refractivity contribution in [1.82, 2.24) is 0 Å². The van der Waals surface area contributed by atoms with E-state index in [4.69, 9.17) is 10.4 Å². The third-order valence-corrected chi connectivity index (χ3v) is 2.98. The summed E-state index contributed by atoms with van der Waals surface area (Å²) >= 11 is 1.28. The predicted octanol–water partition coefficient (Wildman–Crippen LogP) is 1.94. The first kappa shape index (κ1) is 12.5. The van der Waals surface area contributed by atoms with Crippen LogP contribution in [0.2, 0.25) is 0 Å². The Bertz CT molecular complexity index is 429. The number of aliphatic hydroxyl groups excluding tert-OH is 1. The van der Waals surface area contributed by atoms with Gasteiger partial charge >= 0.3 is 0 Å². The zero-order chi connectivity index (χ0) is 12.0. The molecule has 1 aromatic rings. The van der Waals surface area contributed by atoms with Crippen LogP contribution in [-0.2, 0) is 0 Å². The van der Waals surface area contributed by atoms with Crippen molar-refractivity contribution in [3.8, 4) is 6.07 Å². The third-order valence-electron chi connectivity index (χ3n) is 1.85. The lowest BCUT2D eigenvalue weighted by Crippen LogP contribution is -1.93. The van der Waals surface area contributed by atoms with Crippen molar-refractivity contribution < 1.29 is 10.0 Å². The molecule has 1 N–H and O–H groups in total. The summed E-state index contributed by atoms with van der Waals surface area (Å²) in [5.41, 5.74) is 0.402. The highest BCUT2D eigenvalue weighted by atomic mass is 32.2. The Kier molecular flexibility index (Phi) is 4.76. The molecule has 1 rings (SSSR count). The fourth-order valence-corrected chi connectivity index (χ4v) is 2.09. The molecule has 84 valence electrons. The monoisotopic (exact) mass is 238 g/mol. The van der Waals surface area contributed by atoms with Gasteiger partial charge in [-0.05, 0) is 18.6 Å². The first-order valence-corrected chi connectivity index (χ1v) is 5.60. The van der Waals surface area contributed by atoms with Crippen molar-refractivity contribution >= 4 is 17.4 Å². The zero-order valence-corrected chi connectivity index (χ0v) is 9.24. The van der Waals surface area contributed by atoms with Gasteiger partial charge < -0.3 is 5.11 Å². The number of nitro benzene ring substituents is 1. The Morgan fingerprint density at radius 3 is 2.88 bits per heavy atom. The van der Waals surface area contributed by atoms with Crippen LogP contribution in [0, 0.1) is 21.4 Å². The van der Waals surface area contributed by atoms with Gasteiger partial charge in [-0.2, -0.15) is 5.26 Å². The standard InChI is InChI=1S/C10H10N2O3S/c11-7-8-2-3-9(12(14)15)10(6-8)16-5-1-4-13/h2-3,6,13H,1,4-5H2. The third kappa shape index (κ3) is 3.22. The van der Waals surface area contributed by atoms with Crippen LogP contribution >= 0.6 is 11.8 Å². The van der Waals surface area contributed by atoms with Crippen LogP contribution in [0.25, 0.3) is 0 Å².